The Bertz CT molecular complexity index is 1210. The average molecular weight is 483 g/mol. The molecule has 0 unspecified atom stereocenters. The Kier molecular flexibility index (Phi) is 5.14. The number of anilines is 2. The second-order valence-corrected chi connectivity index (χ2v) is 8.97. The molecule has 3 aromatic heterocycles. The zero-order valence-electron chi connectivity index (χ0n) is 17.7. The molecule has 2 aliphatic rings. The number of rotatable bonds is 2. The van der Waals surface area contributed by atoms with E-state index in [0.29, 0.717) is 17.9 Å². The molecule has 5 rings (SSSR count). The Hall–Kier alpha value is -2.70. The Balaban J connectivity index is 1.46. The molecule has 3 aromatic rings. The van der Waals surface area contributed by atoms with Crippen LogP contribution in [-0.4, -0.2) is 56.6 Å². The van der Waals surface area contributed by atoms with Gasteiger partial charge >= 0.3 is 6.18 Å². The smallest absolute Gasteiger partial charge is 0.384 e. The van der Waals surface area contributed by atoms with Crippen LogP contribution < -0.4 is 16.4 Å². The molecule has 176 valence electrons. The summed E-state index contributed by atoms with van der Waals surface area (Å²) >= 11 is 5.77. The molecule has 1 spiro atoms. The van der Waals surface area contributed by atoms with Gasteiger partial charge in [0.05, 0.1) is 30.8 Å². The van der Waals surface area contributed by atoms with Crippen LogP contribution in [-0.2, 0) is 10.9 Å². The Morgan fingerprint density at radius 1 is 1.21 bits per heavy atom. The summed E-state index contributed by atoms with van der Waals surface area (Å²) < 4.78 is 47.7. The van der Waals surface area contributed by atoms with Gasteiger partial charge in [-0.2, -0.15) is 18.3 Å². The van der Waals surface area contributed by atoms with Gasteiger partial charge in [-0.15, -0.1) is 0 Å². The van der Waals surface area contributed by atoms with Crippen LogP contribution in [0.15, 0.2) is 18.5 Å². The van der Waals surface area contributed by atoms with Crippen LogP contribution in [0.5, 0.6) is 0 Å². The third-order valence-electron chi connectivity index (χ3n) is 6.68. The molecule has 0 aliphatic carbocycles. The first-order valence-corrected chi connectivity index (χ1v) is 10.8. The van der Waals surface area contributed by atoms with E-state index < -0.39 is 16.9 Å². The van der Waals surface area contributed by atoms with Crippen LogP contribution in [0.25, 0.3) is 16.9 Å². The number of ether oxygens (including phenoxy) is 1. The number of hydrogen-bond donors (Lipinski definition) is 2. The lowest BCUT2D eigenvalue weighted by molar-refractivity contribution is -0.137. The Labute approximate surface area is 191 Å². The van der Waals surface area contributed by atoms with Gasteiger partial charge < -0.3 is 21.1 Å². The van der Waals surface area contributed by atoms with E-state index >= 15 is 0 Å². The highest BCUT2D eigenvalue weighted by molar-refractivity contribution is 6.30. The molecular weight excluding hydrogens is 461 g/mol. The maximum Gasteiger partial charge on any atom is 0.421 e. The quantitative estimate of drug-likeness (QED) is 0.535. The van der Waals surface area contributed by atoms with Crippen LogP contribution in [0, 0.1) is 5.41 Å². The van der Waals surface area contributed by atoms with Crippen molar-refractivity contribution in [1.29, 1.82) is 0 Å². The molecule has 0 amide bonds. The lowest BCUT2D eigenvalue weighted by atomic mass is 9.73. The molecule has 2 aliphatic heterocycles. The van der Waals surface area contributed by atoms with Crippen LogP contribution >= 0.6 is 11.6 Å². The first-order chi connectivity index (χ1) is 15.6. The summed E-state index contributed by atoms with van der Waals surface area (Å²) in [6.45, 7) is 4.11. The highest BCUT2D eigenvalue weighted by Gasteiger charge is 2.47. The van der Waals surface area contributed by atoms with Crippen molar-refractivity contribution in [3.05, 3.63) is 29.2 Å². The molecule has 0 radical (unpaired) electrons. The SMILES string of the molecule is C[C@@H]1OCC2(CCN(c3cnc4c(cnn4-c4cc(N)nc(Cl)c4C(F)(F)F)n3)CC2)[C@@H]1N. The van der Waals surface area contributed by atoms with Gasteiger partial charge in [0.2, 0.25) is 0 Å². The minimum absolute atomic E-state index is 0.00565. The fourth-order valence-corrected chi connectivity index (χ4v) is 5.04. The third kappa shape index (κ3) is 3.65. The number of alkyl halides is 3. The van der Waals surface area contributed by atoms with Crippen LogP contribution in [0.1, 0.15) is 25.3 Å². The normalized spacial score (nSPS) is 23.0. The van der Waals surface area contributed by atoms with E-state index in [1.54, 1.807) is 0 Å². The van der Waals surface area contributed by atoms with E-state index in [-0.39, 0.29) is 34.7 Å². The summed E-state index contributed by atoms with van der Waals surface area (Å²) in [7, 11) is 0. The van der Waals surface area contributed by atoms with Crippen molar-refractivity contribution in [1.82, 2.24) is 24.7 Å². The van der Waals surface area contributed by atoms with Gasteiger partial charge in [0.25, 0.3) is 0 Å². The van der Waals surface area contributed by atoms with Crippen molar-refractivity contribution >= 4 is 34.4 Å². The van der Waals surface area contributed by atoms with E-state index in [4.69, 9.17) is 27.8 Å². The molecule has 0 bridgehead atoms. The Morgan fingerprint density at radius 3 is 2.58 bits per heavy atom. The lowest BCUT2D eigenvalue weighted by Crippen LogP contribution is -2.50. The highest BCUT2D eigenvalue weighted by atomic mass is 35.5. The molecule has 13 heteroatoms. The summed E-state index contributed by atoms with van der Waals surface area (Å²) in [5, 5.41) is 3.33. The minimum atomic E-state index is -4.76. The Morgan fingerprint density at radius 2 is 1.94 bits per heavy atom. The zero-order valence-corrected chi connectivity index (χ0v) is 18.4. The van der Waals surface area contributed by atoms with Crippen LogP contribution in [0.3, 0.4) is 0 Å². The van der Waals surface area contributed by atoms with Gasteiger partial charge in [-0.3, -0.25) is 0 Å². The fourth-order valence-electron chi connectivity index (χ4n) is 4.74. The number of piperidine rings is 1. The average Bonchev–Trinajstić information content (AvgIpc) is 3.29. The molecular formula is C20H22ClF3N8O. The van der Waals surface area contributed by atoms with Gasteiger partial charge in [0, 0.05) is 30.6 Å². The topological polar surface area (TPSA) is 121 Å². The predicted octanol–water partition coefficient (Wildman–Crippen LogP) is 2.80. The van der Waals surface area contributed by atoms with Crippen molar-refractivity contribution in [2.75, 3.05) is 30.3 Å². The number of fused-ring (bicyclic) bond motifs is 1. The maximum absolute atomic E-state index is 13.7. The number of pyridine rings is 1. The van der Waals surface area contributed by atoms with Gasteiger partial charge in [-0.25, -0.2) is 19.6 Å². The van der Waals surface area contributed by atoms with E-state index in [1.165, 1.54) is 12.4 Å². The fraction of sp³-hybridized carbons (Fsp3) is 0.500. The monoisotopic (exact) mass is 482 g/mol. The second kappa shape index (κ2) is 7.67. The molecule has 2 saturated heterocycles. The molecule has 0 saturated carbocycles. The minimum Gasteiger partial charge on any atom is -0.384 e. The van der Waals surface area contributed by atoms with Gasteiger partial charge in [0.1, 0.15) is 27.9 Å². The largest absolute Gasteiger partial charge is 0.421 e. The van der Waals surface area contributed by atoms with Crippen molar-refractivity contribution < 1.29 is 17.9 Å². The predicted molar refractivity (Wildman–Crippen MR) is 116 cm³/mol. The van der Waals surface area contributed by atoms with Crippen molar-refractivity contribution in [2.45, 2.75) is 38.1 Å². The van der Waals surface area contributed by atoms with E-state index in [9.17, 15) is 13.2 Å². The van der Waals surface area contributed by atoms with Gasteiger partial charge in [-0.05, 0) is 19.8 Å². The highest BCUT2D eigenvalue weighted by Crippen LogP contribution is 2.42. The molecule has 9 nitrogen and oxygen atoms in total. The summed E-state index contributed by atoms with van der Waals surface area (Å²) in [6, 6.07) is 1.06. The number of hydrogen-bond acceptors (Lipinski definition) is 8. The third-order valence-corrected chi connectivity index (χ3v) is 6.95. The molecule has 2 atom stereocenters. The van der Waals surface area contributed by atoms with Crippen molar-refractivity contribution in [3.63, 3.8) is 0 Å². The van der Waals surface area contributed by atoms with Gasteiger partial charge in [0.15, 0.2) is 5.65 Å². The number of nitrogens with two attached hydrogens (primary N) is 2. The molecule has 4 N–H and O–H groups in total. The summed E-state index contributed by atoms with van der Waals surface area (Å²) in [5.41, 5.74) is 11.0. The molecule has 0 aromatic carbocycles. The summed E-state index contributed by atoms with van der Waals surface area (Å²) in [5.74, 6) is 0.461. The molecule has 33 heavy (non-hydrogen) atoms. The van der Waals surface area contributed by atoms with Crippen LogP contribution in [0.2, 0.25) is 5.15 Å². The zero-order chi connectivity index (χ0) is 23.5. The standard InChI is InChI=1S/C20H22ClF3N8O/c1-10-16(26)19(9-33-10)2-4-31(5-3-19)14-8-27-18-11(29-14)7-28-32(18)12-6-13(25)30-17(21)15(12)20(22,23)24/h6-8,10,16H,2-5,9,26H2,1H3,(H2,25,30)/t10-,16+/m0/s1. The van der Waals surface area contributed by atoms with Gasteiger partial charge in [-0.1, -0.05) is 11.6 Å². The second-order valence-electron chi connectivity index (χ2n) is 8.61. The number of nitrogens with zero attached hydrogens (tertiary/aromatic N) is 6. The molecule has 2 fully saturated rings. The van der Waals surface area contributed by atoms with E-state index in [2.05, 4.69) is 25.0 Å². The first kappa shape index (κ1) is 22.1. The van der Waals surface area contributed by atoms with Crippen molar-refractivity contribution in [3.8, 4) is 5.69 Å². The maximum atomic E-state index is 13.7. The number of halogens is 4. The van der Waals surface area contributed by atoms with E-state index in [0.717, 1.165) is 36.7 Å². The summed E-state index contributed by atoms with van der Waals surface area (Å²) in [4.78, 5) is 14.6. The summed E-state index contributed by atoms with van der Waals surface area (Å²) in [6.07, 6.45) is -0.0979. The molecule has 5 heterocycles. The van der Waals surface area contributed by atoms with E-state index in [1.807, 2.05) is 6.92 Å². The lowest BCUT2D eigenvalue weighted by Gasteiger charge is -2.41. The number of nitrogen functional groups attached to an aromatic ring is 1. The van der Waals surface area contributed by atoms with Crippen LogP contribution in [0.4, 0.5) is 24.8 Å². The van der Waals surface area contributed by atoms with Crippen molar-refractivity contribution in [2.24, 2.45) is 11.1 Å². The number of aromatic nitrogens is 5. The first-order valence-electron chi connectivity index (χ1n) is 10.5.